The van der Waals surface area contributed by atoms with E-state index in [0.29, 0.717) is 11.1 Å². The summed E-state index contributed by atoms with van der Waals surface area (Å²) in [5.41, 5.74) is 6.05. The van der Waals surface area contributed by atoms with E-state index in [0.717, 1.165) is 16.6 Å². The Kier molecular flexibility index (Phi) is 5.01. The van der Waals surface area contributed by atoms with Crippen molar-refractivity contribution in [3.8, 4) is 5.75 Å². The average Bonchev–Trinajstić information content (AvgIpc) is 3.13. The van der Waals surface area contributed by atoms with Gasteiger partial charge in [-0.2, -0.15) is 8.42 Å². The summed E-state index contributed by atoms with van der Waals surface area (Å²) in [4.78, 5) is 16.9. The Morgan fingerprint density at radius 1 is 1.00 bits per heavy atom. The third-order valence-corrected chi connectivity index (χ3v) is 6.00. The second-order valence-corrected chi connectivity index (χ2v) is 8.39. The molecule has 0 saturated carbocycles. The van der Waals surface area contributed by atoms with E-state index in [-0.39, 0.29) is 16.6 Å². The summed E-state index contributed by atoms with van der Waals surface area (Å²) >= 11 is 0. The van der Waals surface area contributed by atoms with Crippen LogP contribution in [0, 0.1) is 13.8 Å². The molecule has 4 rings (SSSR count). The molecule has 30 heavy (non-hydrogen) atoms. The van der Waals surface area contributed by atoms with Crippen LogP contribution in [0.5, 0.6) is 5.75 Å². The van der Waals surface area contributed by atoms with Gasteiger partial charge < -0.3 is 4.18 Å². The summed E-state index contributed by atoms with van der Waals surface area (Å²) in [5.74, 6) is -0.234. The van der Waals surface area contributed by atoms with Gasteiger partial charge in [-0.05, 0) is 67.4 Å². The van der Waals surface area contributed by atoms with Crippen LogP contribution >= 0.6 is 0 Å². The molecule has 8 heteroatoms. The molecule has 0 aliphatic heterocycles. The predicted octanol–water partition coefficient (Wildman–Crippen LogP) is 3.80. The molecule has 1 amide bonds. The van der Waals surface area contributed by atoms with Crippen molar-refractivity contribution in [3.63, 3.8) is 0 Å². The van der Waals surface area contributed by atoms with E-state index in [9.17, 15) is 13.2 Å². The van der Waals surface area contributed by atoms with Crippen LogP contribution in [0.3, 0.4) is 0 Å². The van der Waals surface area contributed by atoms with Gasteiger partial charge in [0.05, 0.1) is 11.0 Å². The molecule has 4 aromatic rings. The summed E-state index contributed by atoms with van der Waals surface area (Å²) in [6.07, 6.45) is 1.52. The highest BCUT2D eigenvalue weighted by Crippen LogP contribution is 2.23. The zero-order valence-electron chi connectivity index (χ0n) is 16.4. The molecule has 0 fully saturated rings. The van der Waals surface area contributed by atoms with Gasteiger partial charge in [-0.3, -0.25) is 10.2 Å². The van der Waals surface area contributed by atoms with Crippen LogP contribution < -0.4 is 9.61 Å². The van der Waals surface area contributed by atoms with Gasteiger partial charge in [0.1, 0.15) is 17.0 Å². The SMILES string of the molecule is Cc1ccc(C)c(S(=O)(=O)Oc2ccc(C(=O)Nn3cnc4ccccc43)cc2)c1. The highest BCUT2D eigenvalue weighted by atomic mass is 32.2. The number of para-hydroxylation sites is 2. The number of carbonyl (C=O) groups is 1. The second kappa shape index (κ2) is 7.64. The van der Waals surface area contributed by atoms with Gasteiger partial charge in [0.2, 0.25) is 0 Å². The summed E-state index contributed by atoms with van der Waals surface area (Å²) < 4.78 is 32.0. The molecule has 1 aromatic heterocycles. The molecule has 1 heterocycles. The Balaban J connectivity index is 1.51. The third-order valence-electron chi connectivity index (χ3n) is 4.61. The number of carbonyl (C=O) groups excluding carboxylic acids is 1. The van der Waals surface area contributed by atoms with Crippen LogP contribution in [0.2, 0.25) is 0 Å². The van der Waals surface area contributed by atoms with E-state index >= 15 is 0 Å². The Hall–Kier alpha value is -3.65. The maximum atomic E-state index is 12.6. The van der Waals surface area contributed by atoms with Crippen LogP contribution in [-0.2, 0) is 10.1 Å². The molecule has 152 valence electrons. The maximum absolute atomic E-state index is 12.6. The fourth-order valence-corrected chi connectivity index (χ4v) is 4.28. The number of imidazole rings is 1. The van der Waals surface area contributed by atoms with Gasteiger partial charge in [0.15, 0.2) is 0 Å². The molecule has 1 N–H and O–H groups in total. The van der Waals surface area contributed by atoms with Gasteiger partial charge in [-0.15, -0.1) is 0 Å². The van der Waals surface area contributed by atoms with Gasteiger partial charge >= 0.3 is 10.1 Å². The summed E-state index contributed by atoms with van der Waals surface area (Å²) in [6, 6.07) is 18.5. The number of fused-ring (bicyclic) bond motifs is 1. The highest BCUT2D eigenvalue weighted by molar-refractivity contribution is 7.87. The number of benzene rings is 3. The zero-order chi connectivity index (χ0) is 21.3. The van der Waals surface area contributed by atoms with Gasteiger partial charge in [0, 0.05) is 5.56 Å². The molecular formula is C22H19N3O4S. The van der Waals surface area contributed by atoms with E-state index in [1.54, 1.807) is 19.1 Å². The first-order chi connectivity index (χ1) is 14.3. The van der Waals surface area contributed by atoms with Gasteiger partial charge in [-0.1, -0.05) is 24.3 Å². The second-order valence-electron chi connectivity index (χ2n) is 6.87. The van der Waals surface area contributed by atoms with E-state index in [1.165, 1.54) is 35.3 Å². The number of hydrogen-bond acceptors (Lipinski definition) is 5. The number of hydrogen-bond donors (Lipinski definition) is 1. The maximum Gasteiger partial charge on any atom is 0.339 e. The summed E-state index contributed by atoms with van der Waals surface area (Å²) in [6.45, 7) is 3.53. The van der Waals surface area contributed by atoms with E-state index in [2.05, 4.69) is 10.4 Å². The van der Waals surface area contributed by atoms with Crippen molar-refractivity contribution in [1.82, 2.24) is 9.66 Å². The van der Waals surface area contributed by atoms with Crippen molar-refractivity contribution < 1.29 is 17.4 Å². The van der Waals surface area contributed by atoms with E-state index in [1.807, 2.05) is 37.3 Å². The van der Waals surface area contributed by atoms with Crippen LogP contribution in [0.4, 0.5) is 0 Å². The lowest BCUT2D eigenvalue weighted by atomic mass is 10.2. The molecule has 0 unspecified atom stereocenters. The average molecular weight is 421 g/mol. The topological polar surface area (TPSA) is 90.3 Å². The minimum Gasteiger partial charge on any atom is -0.379 e. The Morgan fingerprint density at radius 2 is 1.73 bits per heavy atom. The zero-order valence-corrected chi connectivity index (χ0v) is 17.2. The minimum absolute atomic E-state index is 0.122. The Morgan fingerprint density at radius 3 is 2.50 bits per heavy atom. The fourth-order valence-electron chi connectivity index (χ4n) is 3.03. The Bertz CT molecular complexity index is 1340. The molecule has 0 bridgehead atoms. The molecule has 0 atom stereocenters. The molecule has 3 aromatic carbocycles. The van der Waals surface area contributed by atoms with Crippen LogP contribution in [0.1, 0.15) is 21.5 Å². The molecule has 0 spiro atoms. The molecular weight excluding hydrogens is 402 g/mol. The predicted molar refractivity (Wildman–Crippen MR) is 114 cm³/mol. The third kappa shape index (κ3) is 3.90. The van der Waals surface area contributed by atoms with Gasteiger partial charge in [-0.25, -0.2) is 9.66 Å². The lowest BCUT2D eigenvalue weighted by Crippen LogP contribution is -2.22. The number of nitrogens with one attached hydrogen (secondary N) is 1. The molecule has 0 radical (unpaired) electrons. The first kappa shape index (κ1) is 19.7. The highest BCUT2D eigenvalue weighted by Gasteiger charge is 2.20. The standard InChI is InChI=1S/C22H19N3O4S/c1-15-7-8-16(2)21(13-15)30(27,28)29-18-11-9-17(10-12-18)22(26)24-25-14-23-19-5-3-4-6-20(19)25/h3-14H,1-2H3,(H,24,26). The normalized spacial score (nSPS) is 11.4. The van der Waals surface area contributed by atoms with Crippen molar-refractivity contribution in [2.45, 2.75) is 18.7 Å². The minimum atomic E-state index is -3.98. The first-order valence-corrected chi connectivity index (χ1v) is 10.6. The lowest BCUT2D eigenvalue weighted by Gasteiger charge is -2.11. The van der Waals surface area contributed by atoms with Crippen molar-refractivity contribution in [3.05, 3.63) is 89.7 Å². The van der Waals surface area contributed by atoms with Crippen molar-refractivity contribution in [2.24, 2.45) is 0 Å². The van der Waals surface area contributed by atoms with E-state index in [4.69, 9.17) is 4.18 Å². The van der Waals surface area contributed by atoms with Crippen molar-refractivity contribution in [2.75, 3.05) is 5.43 Å². The number of aryl methyl sites for hydroxylation is 2. The first-order valence-electron chi connectivity index (χ1n) is 9.19. The van der Waals surface area contributed by atoms with Crippen LogP contribution in [-0.4, -0.2) is 24.0 Å². The summed E-state index contributed by atoms with van der Waals surface area (Å²) in [7, 11) is -3.98. The number of aromatic nitrogens is 2. The number of amides is 1. The van der Waals surface area contributed by atoms with Crippen LogP contribution in [0.25, 0.3) is 11.0 Å². The lowest BCUT2D eigenvalue weighted by molar-refractivity contribution is 0.101. The molecule has 0 saturated heterocycles. The van der Waals surface area contributed by atoms with Crippen molar-refractivity contribution in [1.29, 1.82) is 0 Å². The van der Waals surface area contributed by atoms with Crippen molar-refractivity contribution >= 4 is 27.1 Å². The molecule has 0 aliphatic carbocycles. The molecule has 0 aliphatic rings. The number of nitrogens with zero attached hydrogens (tertiary/aromatic N) is 2. The molecule has 7 nitrogen and oxygen atoms in total. The monoisotopic (exact) mass is 421 g/mol. The fraction of sp³-hybridized carbons (Fsp3) is 0.0909. The quantitative estimate of drug-likeness (QED) is 0.495. The van der Waals surface area contributed by atoms with Gasteiger partial charge in [0.25, 0.3) is 5.91 Å². The number of rotatable bonds is 5. The van der Waals surface area contributed by atoms with Crippen LogP contribution in [0.15, 0.2) is 78.0 Å². The smallest absolute Gasteiger partial charge is 0.339 e. The van der Waals surface area contributed by atoms with E-state index < -0.39 is 10.1 Å². The summed E-state index contributed by atoms with van der Waals surface area (Å²) in [5, 5.41) is 0. The Labute approximate surface area is 174 Å². The largest absolute Gasteiger partial charge is 0.379 e.